The Kier molecular flexibility index (Phi) is 6.35. The standard InChI is InChI=1S/C15H27N3O8Si/c1-22-27(3,23-2)26-6-4-5-16-13(19)17(7-11-9-24-11)15(21)18(14(16)20)8-12-10-25-12/h11-13,19H,4-10H2,1-3H3. The molecule has 0 aromatic rings. The quantitative estimate of drug-likeness (QED) is 0.277. The summed E-state index contributed by atoms with van der Waals surface area (Å²) in [6, 6.07) is -1.06. The maximum Gasteiger partial charge on any atom is 0.497 e. The average Bonchev–Trinajstić information content (AvgIpc) is 3.57. The second-order valence-electron chi connectivity index (χ2n) is 6.75. The van der Waals surface area contributed by atoms with E-state index in [0.717, 1.165) is 4.90 Å². The van der Waals surface area contributed by atoms with Gasteiger partial charge in [-0.1, -0.05) is 0 Å². The highest BCUT2D eigenvalue weighted by atomic mass is 28.4. The molecule has 4 amide bonds. The molecule has 0 aromatic carbocycles. The number of nitrogens with zero attached hydrogens (tertiary/aromatic N) is 3. The van der Waals surface area contributed by atoms with Gasteiger partial charge in [-0.3, -0.25) is 9.80 Å². The highest BCUT2D eigenvalue weighted by molar-refractivity contribution is 6.59. The molecule has 3 rings (SSSR count). The first-order valence-corrected chi connectivity index (χ1v) is 11.1. The van der Waals surface area contributed by atoms with Crippen molar-refractivity contribution in [3.63, 3.8) is 0 Å². The van der Waals surface area contributed by atoms with Crippen LogP contribution in [0.2, 0.25) is 6.55 Å². The number of urea groups is 2. The average molecular weight is 405 g/mol. The lowest BCUT2D eigenvalue weighted by Crippen LogP contribution is -2.67. The zero-order chi connectivity index (χ0) is 19.6. The number of hydrogen-bond acceptors (Lipinski definition) is 8. The summed E-state index contributed by atoms with van der Waals surface area (Å²) in [4.78, 5) is 29.0. The van der Waals surface area contributed by atoms with Crippen LogP contribution in [0.4, 0.5) is 9.59 Å². The first-order valence-electron chi connectivity index (χ1n) is 8.93. The van der Waals surface area contributed by atoms with Crippen molar-refractivity contribution in [2.45, 2.75) is 31.5 Å². The molecule has 0 bridgehead atoms. The Labute approximate surface area is 159 Å². The van der Waals surface area contributed by atoms with Gasteiger partial charge in [-0.25, -0.2) is 14.5 Å². The predicted molar refractivity (Wildman–Crippen MR) is 92.6 cm³/mol. The fourth-order valence-electron chi connectivity index (χ4n) is 2.76. The van der Waals surface area contributed by atoms with Crippen LogP contribution >= 0.6 is 0 Å². The Morgan fingerprint density at radius 2 is 1.63 bits per heavy atom. The number of aliphatic hydroxyl groups is 1. The molecule has 0 saturated carbocycles. The van der Waals surface area contributed by atoms with E-state index in [1.165, 1.54) is 24.0 Å². The molecule has 11 nitrogen and oxygen atoms in total. The highest BCUT2D eigenvalue weighted by Gasteiger charge is 2.47. The number of aliphatic hydroxyl groups excluding tert-OH is 1. The monoisotopic (exact) mass is 405 g/mol. The number of hydrogen-bond donors (Lipinski definition) is 1. The van der Waals surface area contributed by atoms with Gasteiger partial charge in [-0.15, -0.1) is 0 Å². The normalized spacial score (nSPS) is 28.1. The smallest absolute Gasteiger partial charge is 0.377 e. The van der Waals surface area contributed by atoms with E-state index in [2.05, 4.69) is 0 Å². The molecule has 12 heteroatoms. The van der Waals surface area contributed by atoms with E-state index in [-0.39, 0.29) is 31.8 Å². The van der Waals surface area contributed by atoms with E-state index in [9.17, 15) is 14.7 Å². The number of amides is 4. The minimum absolute atomic E-state index is 0.101. The van der Waals surface area contributed by atoms with Gasteiger partial charge in [0.2, 0.25) is 6.35 Å². The van der Waals surface area contributed by atoms with Crippen LogP contribution in [0.1, 0.15) is 6.42 Å². The molecular formula is C15H27N3O8Si. The lowest BCUT2D eigenvalue weighted by Gasteiger charge is -2.44. The Hall–Kier alpha value is -1.28. The third kappa shape index (κ3) is 4.96. The molecule has 3 aliphatic rings. The maximum absolute atomic E-state index is 12.7. The van der Waals surface area contributed by atoms with Gasteiger partial charge < -0.3 is 27.9 Å². The Balaban J connectivity index is 1.60. The molecule has 27 heavy (non-hydrogen) atoms. The molecule has 0 radical (unpaired) electrons. The third-order valence-corrected chi connectivity index (χ3v) is 6.96. The van der Waals surface area contributed by atoms with Gasteiger partial charge in [0.1, 0.15) is 0 Å². The van der Waals surface area contributed by atoms with Crippen LogP contribution < -0.4 is 0 Å². The van der Waals surface area contributed by atoms with Gasteiger partial charge in [0.25, 0.3) is 0 Å². The molecule has 3 unspecified atom stereocenters. The van der Waals surface area contributed by atoms with Gasteiger partial charge >= 0.3 is 20.9 Å². The molecule has 3 fully saturated rings. The van der Waals surface area contributed by atoms with Crippen LogP contribution in [0, 0.1) is 0 Å². The molecule has 3 atom stereocenters. The Morgan fingerprint density at radius 3 is 2.19 bits per heavy atom. The van der Waals surface area contributed by atoms with Gasteiger partial charge in [-0.05, 0) is 6.42 Å². The van der Waals surface area contributed by atoms with E-state index < -0.39 is 27.2 Å². The summed E-state index contributed by atoms with van der Waals surface area (Å²) in [6.45, 7) is 3.76. The predicted octanol–water partition coefficient (Wildman–Crippen LogP) is -0.512. The molecule has 0 aromatic heterocycles. The fraction of sp³-hybridized carbons (Fsp3) is 0.867. The maximum atomic E-state index is 12.7. The molecule has 1 N–H and O–H groups in total. The van der Waals surface area contributed by atoms with E-state index in [1.54, 1.807) is 6.55 Å². The van der Waals surface area contributed by atoms with E-state index >= 15 is 0 Å². The first-order chi connectivity index (χ1) is 12.9. The van der Waals surface area contributed by atoms with Crippen molar-refractivity contribution in [3.8, 4) is 0 Å². The number of carbonyl (C=O) groups excluding carboxylic acids is 2. The molecule has 3 aliphatic heterocycles. The van der Waals surface area contributed by atoms with Crippen LogP contribution in [-0.4, -0.2) is 113 Å². The SMILES string of the molecule is CO[Si](C)(OC)OCCCN1C(=O)N(CC2CO2)C(=O)N(CC2CO2)C1O. The summed E-state index contributed by atoms with van der Waals surface area (Å²) < 4.78 is 26.5. The van der Waals surface area contributed by atoms with Crippen molar-refractivity contribution in [1.82, 2.24) is 14.7 Å². The van der Waals surface area contributed by atoms with Gasteiger partial charge in [-0.2, -0.15) is 0 Å². The topological polar surface area (TPSA) is 117 Å². The summed E-state index contributed by atoms with van der Waals surface area (Å²) in [5, 5.41) is 10.6. The van der Waals surface area contributed by atoms with Crippen molar-refractivity contribution in [2.24, 2.45) is 0 Å². The minimum Gasteiger partial charge on any atom is -0.377 e. The van der Waals surface area contributed by atoms with Crippen molar-refractivity contribution in [1.29, 1.82) is 0 Å². The molecular weight excluding hydrogens is 378 g/mol. The van der Waals surface area contributed by atoms with Crippen molar-refractivity contribution >= 4 is 20.9 Å². The van der Waals surface area contributed by atoms with E-state index in [0.29, 0.717) is 26.2 Å². The number of carbonyl (C=O) groups is 2. The van der Waals surface area contributed by atoms with Crippen LogP contribution in [-0.2, 0) is 22.8 Å². The molecule has 3 heterocycles. The fourth-order valence-corrected chi connectivity index (χ4v) is 3.68. The highest BCUT2D eigenvalue weighted by Crippen LogP contribution is 2.24. The third-order valence-electron chi connectivity index (χ3n) is 4.75. The Bertz CT molecular complexity index is 555. The Morgan fingerprint density at radius 1 is 1.07 bits per heavy atom. The lowest BCUT2D eigenvalue weighted by molar-refractivity contribution is -0.0959. The van der Waals surface area contributed by atoms with Gasteiger partial charge in [0, 0.05) is 33.9 Å². The summed E-state index contributed by atoms with van der Waals surface area (Å²) in [5.74, 6) is 0. The van der Waals surface area contributed by atoms with Crippen molar-refractivity contribution < 1.29 is 37.4 Å². The summed E-state index contributed by atoms with van der Waals surface area (Å²) in [6.07, 6.45) is -1.11. The largest absolute Gasteiger partial charge is 0.497 e. The number of ether oxygens (including phenoxy) is 2. The summed E-state index contributed by atoms with van der Waals surface area (Å²) in [7, 11) is 0.388. The van der Waals surface area contributed by atoms with Crippen LogP contribution in [0.3, 0.4) is 0 Å². The molecule has 3 saturated heterocycles. The van der Waals surface area contributed by atoms with Crippen LogP contribution in [0.25, 0.3) is 0 Å². The molecule has 154 valence electrons. The zero-order valence-electron chi connectivity index (χ0n) is 15.8. The second-order valence-corrected chi connectivity index (χ2v) is 9.58. The van der Waals surface area contributed by atoms with Crippen LogP contribution in [0.5, 0.6) is 0 Å². The summed E-state index contributed by atoms with van der Waals surface area (Å²) in [5.41, 5.74) is 0. The van der Waals surface area contributed by atoms with Crippen molar-refractivity contribution in [2.75, 3.05) is 53.7 Å². The lowest BCUT2D eigenvalue weighted by atomic mass is 10.3. The summed E-state index contributed by atoms with van der Waals surface area (Å²) >= 11 is 0. The van der Waals surface area contributed by atoms with E-state index in [1.807, 2.05) is 0 Å². The molecule has 0 aliphatic carbocycles. The first kappa shape index (κ1) is 20.5. The van der Waals surface area contributed by atoms with Crippen molar-refractivity contribution in [3.05, 3.63) is 0 Å². The van der Waals surface area contributed by atoms with Gasteiger partial charge in [0.05, 0.1) is 38.5 Å². The number of imide groups is 1. The molecule has 0 spiro atoms. The minimum atomic E-state index is -2.66. The van der Waals surface area contributed by atoms with Gasteiger partial charge in [0.15, 0.2) is 0 Å². The number of rotatable bonds is 11. The van der Waals surface area contributed by atoms with E-state index in [4.69, 9.17) is 22.8 Å². The number of epoxide rings is 2. The zero-order valence-corrected chi connectivity index (χ0v) is 16.8. The second kappa shape index (κ2) is 8.39. The van der Waals surface area contributed by atoms with Crippen LogP contribution in [0.15, 0.2) is 0 Å².